The maximum Gasteiger partial charge on any atom is 0.235 e. The summed E-state index contributed by atoms with van der Waals surface area (Å²) >= 11 is 0. The first kappa shape index (κ1) is 10.5. The van der Waals surface area contributed by atoms with Gasteiger partial charge in [0.1, 0.15) is 0 Å². The van der Waals surface area contributed by atoms with Crippen LogP contribution < -0.4 is 0 Å². The summed E-state index contributed by atoms with van der Waals surface area (Å²) in [5.41, 5.74) is 0.378. The largest absolute Gasteiger partial charge is 0.235 e. The van der Waals surface area contributed by atoms with Gasteiger partial charge in [-0.2, -0.15) is 0 Å². The predicted molar refractivity (Wildman–Crippen MR) is 53.3 cm³/mol. The molecule has 74 valence electrons. The molecule has 0 aliphatic heterocycles. The first-order valence-corrected chi connectivity index (χ1v) is 5.15. The molecule has 0 aromatic rings. The van der Waals surface area contributed by atoms with Gasteiger partial charge in [0.2, 0.25) is 6.08 Å². The quantitative estimate of drug-likeness (QED) is 0.475. The van der Waals surface area contributed by atoms with Crippen molar-refractivity contribution in [1.29, 1.82) is 0 Å². The lowest BCUT2D eigenvalue weighted by Gasteiger charge is -2.39. The Morgan fingerprint density at radius 2 is 2.23 bits per heavy atom. The number of isocyanates is 1. The van der Waals surface area contributed by atoms with E-state index >= 15 is 0 Å². The molecule has 0 N–H and O–H groups in total. The fourth-order valence-corrected chi connectivity index (χ4v) is 2.19. The van der Waals surface area contributed by atoms with E-state index in [0.29, 0.717) is 11.3 Å². The topological polar surface area (TPSA) is 29.4 Å². The van der Waals surface area contributed by atoms with Crippen LogP contribution >= 0.6 is 0 Å². The Morgan fingerprint density at radius 3 is 2.77 bits per heavy atom. The second-order valence-corrected chi connectivity index (χ2v) is 4.78. The molecule has 0 amide bonds. The molecule has 0 radical (unpaired) electrons. The van der Waals surface area contributed by atoms with Gasteiger partial charge in [-0.25, -0.2) is 9.79 Å². The van der Waals surface area contributed by atoms with Gasteiger partial charge in [0.05, 0.1) is 6.04 Å². The Hall–Kier alpha value is -0.620. The van der Waals surface area contributed by atoms with Gasteiger partial charge in [-0.3, -0.25) is 0 Å². The summed E-state index contributed by atoms with van der Waals surface area (Å²) in [5.74, 6) is 0.678. The summed E-state index contributed by atoms with van der Waals surface area (Å²) in [4.78, 5) is 14.0. The SMILES string of the molecule is CC(C)C1(C)CCCC(N=C=O)C1. The van der Waals surface area contributed by atoms with Crippen molar-refractivity contribution in [3.8, 4) is 0 Å². The van der Waals surface area contributed by atoms with Gasteiger partial charge in [-0.1, -0.05) is 27.2 Å². The molecule has 0 heterocycles. The molecular formula is C11H19NO. The van der Waals surface area contributed by atoms with Crippen molar-refractivity contribution in [3.63, 3.8) is 0 Å². The van der Waals surface area contributed by atoms with Gasteiger partial charge in [-0.15, -0.1) is 0 Å². The van der Waals surface area contributed by atoms with E-state index in [2.05, 4.69) is 25.8 Å². The van der Waals surface area contributed by atoms with Crippen LogP contribution in [0.4, 0.5) is 0 Å². The van der Waals surface area contributed by atoms with E-state index in [1.165, 1.54) is 12.8 Å². The van der Waals surface area contributed by atoms with Gasteiger partial charge >= 0.3 is 0 Å². The molecule has 2 nitrogen and oxygen atoms in total. The van der Waals surface area contributed by atoms with Gasteiger partial charge in [-0.05, 0) is 30.6 Å². The van der Waals surface area contributed by atoms with Gasteiger partial charge in [0.15, 0.2) is 0 Å². The minimum atomic E-state index is 0.235. The fraction of sp³-hybridized carbons (Fsp3) is 0.909. The van der Waals surface area contributed by atoms with Crippen LogP contribution in [0, 0.1) is 11.3 Å². The number of hydrogen-bond acceptors (Lipinski definition) is 2. The molecule has 13 heavy (non-hydrogen) atoms. The van der Waals surface area contributed by atoms with Crippen molar-refractivity contribution >= 4 is 6.08 Å². The highest BCUT2D eigenvalue weighted by Crippen LogP contribution is 2.42. The minimum Gasteiger partial charge on any atom is -0.211 e. The lowest BCUT2D eigenvalue weighted by atomic mass is 9.67. The summed E-state index contributed by atoms with van der Waals surface area (Å²) in [7, 11) is 0. The first-order chi connectivity index (χ1) is 6.08. The molecule has 1 rings (SSSR count). The molecule has 1 aliphatic carbocycles. The highest BCUT2D eigenvalue weighted by atomic mass is 16.1. The Bertz CT molecular complexity index is 218. The highest BCUT2D eigenvalue weighted by Gasteiger charge is 2.34. The maximum absolute atomic E-state index is 10.2. The smallest absolute Gasteiger partial charge is 0.211 e. The zero-order valence-corrected chi connectivity index (χ0v) is 8.84. The normalized spacial score (nSPS) is 34.3. The van der Waals surface area contributed by atoms with Crippen molar-refractivity contribution in [2.45, 2.75) is 52.5 Å². The molecule has 1 aliphatic rings. The van der Waals surface area contributed by atoms with Gasteiger partial charge < -0.3 is 0 Å². The van der Waals surface area contributed by atoms with E-state index in [1.807, 2.05) is 0 Å². The van der Waals surface area contributed by atoms with Crippen LogP contribution in [0.25, 0.3) is 0 Å². The van der Waals surface area contributed by atoms with E-state index in [1.54, 1.807) is 6.08 Å². The first-order valence-electron chi connectivity index (χ1n) is 5.15. The molecule has 0 bridgehead atoms. The molecule has 2 unspecified atom stereocenters. The predicted octanol–water partition coefficient (Wildman–Crippen LogP) is 2.93. The van der Waals surface area contributed by atoms with Crippen LogP contribution in [-0.2, 0) is 4.79 Å². The third-order valence-electron chi connectivity index (χ3n) is 3.62. The van der Waals surface area contributed by atoms with E-state index < -0.39 is 0 Å². The summed E-state index contributed by atoms with van der Waals surface area (Å²) in [5, 5.41) is 0. The van der Waals surface area contributed by atoms with Crippen molar-refractivity contribution in [2.24, 2.45) is 16.3 Å². The second kappa shape index (κ2) is 4.06. The molecule has 2 atom stereocenters. The van der Waals surface area contributed by atoms with Crippen LogP contribution in [0.2, 0.25) is 0 Å². The third-order valence-corrected chi connectivity index (χ3v) is 3.62. The Kier molecular flexibility index (Phi) is 3.27. The molecular weight excluding hydrogens is 162 g/mol. The standard InChI is InChI=1S/C11H19NO/c1-9(2)11(3)6-4-5-10(7-11)12-8-13/h9-10H,4-7H2,1-3H3. The zero-order chi connectivity index (χ0) is 9.90. The zero-order valence-electron chi connectivity index (χ0n) is 8.84. The number of carbonyl (C=O) groups excluding carboxylic acids is 1. The molecule has 1 fully saturated rings. The van der Waals surface area contributed by atoms with Gasteiger partial charge in [0, 0.05) is 0 Å². The summed E-state index contributed by atoms with van der Waals surface area (Å²) in [6.45, 7) is 6.82. The molecule has 0 aromatic heterocycles. The number of rotatable bonds is 2. The monoisotopic (exact) mass is 181 g/mol. The number of aliphatic imine (C=N–C) groups is 1. The summed E-state index contributed by atoms with van der Waals surface area (Å²) < 4.78 is 0. The Balaban J connectivity index is 2.64. The summed E-state index contributed by atoms with van der Waals surface area (Å²) in [6, 6.07) is 0.235. The average molecular weight is 181 g/mol. The van der Waals surface area contributed by atoms with Crippen LogP contribution in [-0.4, -0.2) is 12.1 Å². The molecule has 0 spiro atoms. The van der Waals surface area contributed by atoms with Crippen LogP contribution in [0.1, 0.15) is 46.5 Å². The maximum atomic E-state index is 10.2. The Labute approximate surface area is 80.4 Å². The van der Waals surface area contributed by atoms with Crippen molar-refractivity contribution < 1.29 is 4.79 Å². The van der Waals surface area contributed by atoms with E-state index in [-0.39, 0.29) is 6.04 Å². The molecule has 2 heteroatoms. The van der Waals surface area contributed by atoms with Crippen LogP contribution in [0.15, 0.2) is 4.99 Å². The van der Waals surface area contributed by atoms with Crippen LogP contribution in [0.5, 0.6) is 0 Å². The lowest BCUT2D eigenvalue weighted by Crippen LogP contribution is -2.32. The third kappa shape index (κ3) is 2.41. The summed E-state index contributed by atoms with van der Waals surface area (Å²) in [6.07, 6.45) is 6.28. The average Bonchev–Trinajstić information content (AvgIpc) is 2.04. The number of nitrogens with zero attached hydrogens (tertiary/aromatic N) is 1. The van der Waals surface area contributed by atoms with Crippen molar-refractivity contribution in [1.82, 2.24) is 0 Å². The van der Waals surface area contributed by atoms with Gasteiger partial charge in [0.25, 0.3) is 0 Å². The van der Waals surface area contributed by atoms with Crippen molar-refractivity contribution in [3.05, 3.63) is 0 Å². The second-order valence-electron chi connectivity index (χ2n) is 4.78. The van der Waals surface area contributed by atoms with E-state index in [0.717, 1.165) is 12.8 Å². The van der Waals surface area contributed by atoms with E-state index in [9.17, 15) is 4.79 Å². The molecule has 0 saturated heterocycles. The lowest BCUT2D eigenvalue weighted by molar-refractivity contribution is 0.129. The fourth-order valence-electron chi connectivity index (χ4n) is 2.19. The van der Waals surface area contributed by atoms with Crippen LogP contribution in [0.3, 0.4) is 0 Å². The van der Waals surface area contributed by atoms with E-state index in [4.69, 9.17) is 0 Å². The Morgan fingerprint density at radius 1 is 1.54 bits per heavy atom. The minimum absolute atomic E-state index is 0.235. The number of hydrogen-bond donors (Lipinski definition) is 0. The molecule has 1 saturated carbocycles. The molecule has 0 aromatic carbocycles. The highest BCUT2D eigenvalue weighted by molar-refractivity contribution is 5.33. The van der Waals surface area contributed by atoms with Crippen molar-refractivity contribution in [2.75, 3.05) is 0 Å².